The highest BCUT2D eigenvalue weighted by molar-refractivity contribution is 6.06. The number of imide groups is 1. The molecule has 7 nitrogen and oxygen atoms in total. The van der Waals surface area contributed by atoms with E-state index in [1.165, 1.54) is 4.90 Å². The largest absolute Gasteiger partial charge is 0.480 e. The number of carbonyl (C=O) groups is 3. The lowest BCUT2D eigenvalue weighted by molar-refractivity contribution is -0.139. The highest BCUT2D eigenvalue weighted by Crippen LogP contribution is 2.23. The van der Waals surface area contributed by atoms with Crippen LogP contribution in [0.15, 0.2) is 0 Å². The van der Waals surface area contributed by atoms with Gasteiger partial charge < -0.3 is 10.4 Å². The molecule has 1 aliphatic carbocycles. The molecule has 1 heterocycles. The van der Waals surface area contributed by atoms with Crippen molar-refractivity contribution >= 4 is 17.9 Å². The molecule has 0 bridgehead atoms. The Morgan fingerprint density at radius 3 is 2.48 bits per heavy atom. The first kappa shape index (κ1) is 15.8. The van der Waals surface area contributed by atoms with E-state index in [-0.39, 0.29) is 25.0 Å². The van der Waals surface area contributed by atoms with Crippen molar-refractivity contribution in [3.05, 3.63) is 0 Å². The van der Waals surface area contributed by atoms with E-state index in [9.17, 15) is 14.4 Å². The minimum Gasteiger partial charge on any atom is -0.480 e. The molecule has 118 valence electrons. The summed E-state index contributed by atoms with van der Waals surface area (Å²) in [7, 11) is 0. The maximum Gasteiger partial charge on any atom is 0.325 e. The molecule has 1 saturated carbocycles. The molecule has 7 heteroatoms. The van der Waals surface area contributed by atoms with Crippen molar-refractivity contribution in [1.29, 1.82) is 0 Å². The first-order valence-corrected chi connectivity index (χ1v) is 7.41. The third-order valence-corrected chi connectivity index (χ3v) is 4.23. The second-order valence-corrected chi connectivity index (χ2v) is 6.31. The van der Waals surface area contributed by atoms with Crippen molar-refractivity contribution in [2.75, 3.05) is 19.6 Å². The van der Waals surface area contributed by atoms with Crippen LogP contribution in [0.25, 0.3) is 0 Å². The summed E-state index contributed by atoms with van der Waals surface area (Å²) in [5.74, 6) is -1.13. The molecule has 1 saturated heterocycles. The fourth-order valence-electron chi connectivity index (χ4n) is 3.08. The van der Waals surface area contributed by atoms with Crippen molar-refractivity contribution in [3.63, 3.8) is 0 Å². The lowest BCUT2D eigenvalue weighted by Gasteiger charge is -2.28. The highest BCUT2D eigenvalue weighted by Gasteiger charge is 2.44. The van der Waals surface area contributed by atoms with E-state index < -0.39 is 17.5 Å². The molecule has 0 atom stereocenters. The third-order valence-electron chi connectivity index (χ3n) is 4.23. The lowest BCUT2D eigenvalue weighted by Crippen LogP contribution is -2.45. The quantitative estimate of drug-likeness (QED) is 0.702. The zero-order valence-corrected chi connectivity index (χ0v) is 12.6. The summed E-state index contributed by atoms with van der Waals surface area (Å²) in [6.45, 7) is 3.93. The van der Waals surface area contributed by atoms with E-state index in [0.717, 1.165) is 25.7 Å². The van der Waals surface area contributed by atoms with Gasteiger partial charge in [-0.1, -0.05) is 12.8 Å². The first-order chi connectivity index (χ1) is 9.81. The zero-order valence-electron chi connectivity index (χ0n) is 12.6. The van der Waals surface area contributed by atoms with Crippen molar-refractivity contribution in [3.8, 4) is 0 Å². The minimum atomic E-state index is -0.876. The maximum atomic E-state index is 12.1. The summed E-state index contributed by atoms with van der Waals surface area (Å²) >= 11 is 0. The molecule has 21 heavy (non-hydrogen) atoms. The predicted molar refractivity (Wildman–Crippen MR) is 75.8 cm³/mol. The van der Waals surface area contributed by atoms with Crippen LogP contribution in [-0.2, 0) is 9.59 Å². The molecule has 2 aliphatic rings. The fraction of sp³-hybridized carbons (Fsp3) is 0.786. The van der Waals surface area contributed by atoms with Gasteiger partial charge in [-0.15, -0.1) is 0 Å². The molecular weight excluding hydrogens is 274 g/mol. The Labute approximate surface area is 124 Å². The molecule has 2 fully saturated rings. The monoisotopic (exact) mass is 297 g/mol. The predicted octanol–water partition coefficient (Wildman–Crippen LogP) is 0.646. The molecular formula is C14H23N3O4. The number of hydrogen-bond acceptors (Lipinski definition) is 4. The van der Waals surface area contributed by atoms with Crippen LogP contribution in [0.3, 0.4) is 0 Å². The van der Waals surface area contributed by atoms with Gasteiger partial charge in [-0.25, -0.2) is 4.79 Å². The highest BCUT2D eigenvalue weighted by atomic mass is 16.4. The number of carboxylic acids is 1. The molecule has 3 amide bonds. The van der Waals surface area contributed by atoms with Crippen molar-refractivity contribution in [2.45, 2.75) is 51.1 Å². The van der Waals surface area contributed by atoms with Crippen LogP contribution in [0.4, 0.5) is 4.79 Å². The van der Waals surface area contributed by atoms with Gasteiger partial charge in [0.2, 0.25) is 0 Å². The second kappa shape index (κ2) is 6.01. The Bertz CT molecular complexity index is 444. The summed E-state index contributed by atoms with van der Waals surface area (Å²) in [6, 6.07) is -0.151. The number of hydrogen-bond donors (Lipinski definition) is 2. The Hall–Kier alpha value is -1.63. The van der Waals surface area contributed by atoms with E-state index in [0.29, 0.717) is 6.54 Å². The first-order valence-electron chi connectivity index (χ1n) is 7.41. The van der Waals surface area contributed by atoms with Gasteiger partial charge in [0.25, 0.3) is 5.91 Å². The van der Waals surface area contributed by atoms with E-state index in [4.69, 9.17) is 5.11 Å². The van der Waals surface area contributed by atoms with Crippen molar-refractivity contribution < 1.29 is 19.5 Å². The van der Waals surface area contributed by atoms with Crippen LogP contribution in [0.1, 0.15) is 39.5 Å². The van der Waals surface area contributed by atoms with Gasteiger partial charge >= 0.3 is 12.0 Å². The van der Waals surface area contributed by atoms with E-state index >= 15 is 0 Å². The molecule has 1 aliphatic heterocycles. The molecule has 0 aromatic carbocycles. The van der Waals surface area contributed by atoms with Crippen LogP contribution < -0.4 is 5.32 Å². The summed E-state index contributed by atoms with van der Waals surface area (Å²) in [5.41, 5.74) is -0.873. The van der Waals surface area contributed by atoms with Crippen LogP contribution >= 0.6 is 0 Å². The van der Waals surface area contributed by atoms with Gasteiger partial charge in [0.05, 0.1) is 6.54 Å². The van der Waals surface area contributed by atoms with Crippen molar-refractivity contribution in [1.82, 2.24) is 15.1 Å². The average Bonchev–Trinajstić information content (AvgIpc) is 2.95. The zero-order chi connectivity index (χ0) is 15.6. The van der Waals surface area contributed by atoms with Crippen LogP contribution in [0.5, 0.6) is 0 Å². The summed E-state index contributed by atoms with van der Waals surface area (Å²) in [4.78, 5) is 38.0. The number of aliphatic carboxylic acids is 1. The van der Waals surface area contributed by atoms with Gasteiger partial charge in [0.15, 0.2) is 0 Å². The number of amides is 3. The maximum absolute atomic E-state index is 12.1. The number of carboxylic acid groups (broad SMARTS) is 1. The fourth-order valence-corrected chi connectivity index (χ4v) is 3.08. The topological polar surface area (TPSA) is 90.0 Å². The molecule has 2 rings (SSSR count). The third kappa shape index (κ3) is 3.53. The van der Waals surface area contributed by atoms with E-state index in [1.54, 1.807) is 13.8 Å². The summed E-state index contributed by atoms with van der Waals surface area (Å²) < 4.78 is 0. The van der Waals surface area contributed by atoms with Gasteiger partial charge in [-0.3, -0.25) is 19.4 Å². The molecule has 2 N–H and O–H groups in total. The molecule has 0 radical (unpaired) electrons. The van der Waals surface area contributed by atoms with E-state index in [2.05, 4.69) is 5.32 Å². The van der Waals surface area contributed by atoms with Gasteiger partial charge in [0.1, 0.15) is 5.54 Å². The minimum absolute atomic E-state index is 0.0439. The summed E-state index contributed by atoms with van der Waals surface area (Å²) in [5, 5.41) is 11.7. The van der Waals surface area contributed by atoms with E-state index in [1.807, 2.05) is 4.90 Å². The molecule has 0 unspecified atom stereocenters. The van der Waals surface area contributed by atoms with Gasteiger partial charge in [-0.05, 0) is 26.7 Å². The number of rotatable bonds is 6. The van der Waals surface area contributed by atoms with Crippen LogP contribution in [-0.4, -0.2) is 64.0 Å². The number of nitrogens with one attached hydrogen (secondary N) is 1. The Morgan fingerprint density at radius 2 is 2.00 bits per heavy atom. The van der Waals surface area contributed by atoms with Crippen LogP contribution in [0.2, 0.25) is 0 Å². The standard InChI is InChI=1S/C14H23N3O4/c1-14(2)12(20)17(13(21)15-14)8-7-16(9-11(18)19)10-5-3-4-6-10/h10H,3-9H2,1-2H3,(H,15,21)(H,18,19). The van der Waals surface area contributed by atoms with Crippen molar-refractivity contribution in [2.24, 2.45) is 0 Å². The summed E-state index contributed by atoms with van der Waals surface area (Å²) in [6.07, 6.45) is 4.19. The lowest BCUT2D eigenvalue weighted by atomic mass is 10.1. The second-order valence-electron chi connectivity index (χ2n) is 6.31. The Balaban J connectivity index is 1.96. The number of urea groups is 1. The van der Waals surface area contributed by atoms with Gasteiger partial charge in [-0.2, -0.15) is 0 Å². The molecule has 0 aromatic heterocycles. The normalized spacial score (nSPS) is 22.1. The smallest absolute Gasteiger partial charge is 0.325 e. The SMILES string of the molecule is CC1(C)NC(=O)N(CCN(CC(=O)O)C2CCCC2)C1=O. The Morgan fingerprint density at radius 1 is 1.38 bits per heavy atom. The molecule has 0 aromatic rings. The van der Waals surface area contributed by atoms with Crippen LogP contribution in [0, 0.1) is 0 Å². The molecule has 0 spiro atoms. The van der Waals surface area contributed by atoms with Gasteiger partial charge in [0, 0.05) is 19.1 Å². The Kier molecular flexibility index (Phi) is 4.51. The average molecular weight is 297 g/mol. The number of carbonyl (C=O) groups excluding carboxylic acids is 2. The number of nitrogens with zero attached hydrogens (tertiary/aromatic N) is 2.